The summed E-state index contributed by atoms with van der Waals surface area (Å²) in [4.78, 5) is 0. The average Bonchev–Trinajstić information content (AvgIpc) is 2.10. The van der Waals surface area contributed by atoms with Crippen LogP contribution in [0.25, 0.3) is 0 Å². The van der Waals surface area contributed by atoms with Gasteiger partial charge in [0.2, 0.25) is 0 Å². The second kappa shape index (κ2) is 3.52. The van der Waals surface area contributed by atoms with E-state index in [-0.39, 0.29) is 11.7 Å². The van der Waals surface area contributed by atoms with E-state index < -0.39 is 17.5 Å². The SMILES string of the molecule is Fc1ccc(NC2CCC2)c(F)c1F. The molecule has 0 amide bonds. The minimum absolute atomic E-state index is 0.0496. The highest BCUT2D eigenvalue weighted by Crippen LogP contribution is 2.26. The quantitative estimate of drug-likeness (QED) is 0.725. The highest BCUT2D eigenvalue weighted by Gasteiger charge is 2.20. The van der Waals surface area contributed by atoms with Crippen molar-refractivity contribution in [3.8, 4) is 0 Å². The lowest BCUT2D eigenvalue weighted by atomic mass is 9.93. The molecule has 0 atom stereocenters. The van der Waals surface area contributed by atoms with Crippen LogP contribution in [0.5, 0.6) is 0 Å². The molecular weight excluding hydrogens is 191 g/mol. The van der Waals surface area contributed by atoms with Gasteiger partial charge < -0.3 is 5.32 Å². The summed E-state index contributed by atoms with van der Waals surface area (Å²) in [5, 5.41) is 2.83. The van der Waals surface area contributed by atoms with Crippen molar-refractivity contribution in [1.82, 2.24) is 0 Å². The third-order valence-corrected chi connectivity index (χ3v) is 2.50. The van der Waals surface area contributed by atoms with E-state index in [1.54, 1.807) is 0 Å². The van der Waals surface area contributed by atoms with Crippen LogP contribution in [0.3, 0.4) is 0 Å². The lowest BCUT2D eigenvalue weighted by Gasteiger charge is -2.27. The normalized spacial score (nSPS) is 16.5. The predicted molar refractivity (Wildman–Crippen MR) is 47.6 cm³/mol. The Morgan fingerprint density at radius 3 is 2.36 bits per heavy atom. The summed E-state index contributed by atoms with van der Waals surface area (Å²) in [7, 11) is 0. The molecule has 1 saturated carbocycles. The fourth-order valence-electron chi connectivity index (χ4n) is 1.41. The molecule has 0 aliphatic heterocycles. The molecule has 0 saturated heterocycles. The van der Waals surface area contributed by atoms with Gasteiger partial charge in [0.05, 0.1) is 5.69 Å². The first kappa shape index (κ1) is 9.37. The van der Waals surface area contributed by atoms with Crippen LogP contribution in [0.1, 0.15) is 19.3 Å². The second-order valence-corrected chi connectivity index (χ2v) is 3.50. The first-order valence-corrected chi connectivity index (χ1v) is 4.58. The fraction of sp³-hybridized carbons (Fsp3) is 0.400. The van der Waals surface area contributed by atoms with Gasteiger partial charge >= 0.3 is 0 Å². The van der Waals surface area contributed by atoms with Crippen LogP contribution in [-0.4, -0.2) is 6.04 Å². The van der Waals surface area contributed by atoms with Gasteiger partial charge in [-0.2, -0.15) is 0 Å². The minimum atomic E-state index is -1.41. The molecule has 1 aromatic carbocycles. The van der Waals surface area contributed by atoms with Crippen molar-refractivity contribution in [2.75, 3.05) is 5.32 Å². The number of halogens is 3. The standard InChI is InChI=1S/C10H10F3N/c11-7-4-5-8(10(13)9(7)12)14-6-2-1-3-6/h4-6,14H,1-3H2. The van der Waals surface area contributed by atoms with E-state index in [1.807, 2.05) is 0 Å². The Kier molecular flexibility index (Phi) is 2.35. The van der Waals surface area contributed by atoms with Crippen molar-refractivity contribution in [2.45, 2.75) is 25.3 Å². The predicted octanol–water partition coefficient (Wildman–Crippen LogP) is 3.07. The average molecular weight is 201 g/mol. The van der Waals surface area contributed by atoms with Crippen molar-refractivity contribution < 1.29 is 13.2 Å². The van der Waals surface area contributed by atoms with E-state index in [9.17, 15) is 13.2 Å². The smallest absolute Gasteiger partial charge is 0.196 e. The Bertz CT molecular complexity index is 347. The van der Waals surface area contributed by atoms with E-state index in [1.165, 1.54) is 6.07 Å². The van der Waals surface area contributed by atoms with Crippen LogP contribution in [0.15, 0.2) is 12.1 Å². The lowest BCUT2D eigenvalue weighted by molar-refractivity contribution is 0.430. The van der Waals surface area contributed by atoms with E-state index in [0.29, 0.717) is 0 Å². The molecule has 1 N–H and O–H groups in total. The van der Waals surface area contributed by atoms with E-state index in [4.69, 9.17) is 0 Å². The molecule has 1 nitrogen and oxygen atoms in total. The molecule has 1 aromatic rings. The zero-order chi connectivity index (χ0) is 10.1. The number of anilines is 1. The molecule has 2 rings (SSSR count). The number of hydrogen-bond acceptors (Lipinski definition) is 1. The maximum absolute atomic E-state index is 13.1. The van der Waals surface area contributed by atoms with Crippen LogP contribution in [-0.2, 0) is 0 Å². The summed E-state index contributed by atoms with van der Waals surface area (Å²) in [6.45, 7) is 0. The minimum Gasteiger partial charge on any atom is -0.380 e. The van der Waals surface area contributed by atoms with Gasteiger partial charge in [0, 0.05) is 6.04 Å². The molecule has 1 fully saturated rings. The monoisotopic (exact) mass is 201 g/mol. The second-order valence-electron chi connectivity index (χ2n) is 3.50. The van der Waals surface area contributed by atoms with Gasteiger partial charge in [0.25, 0.3) is 0 Å². The highest BCUT2D eigenvalue weighted by molar-refractivity contribution is 5.46. The third-order valence-electron chi connectivity index (χ3n) is 2.50. The van der Waals surface area contributed by atoms with Crippen molar-refractivity contribution >= 4 is 5.69 Å². The van der Waals surface area contributed by atoms with Gasteiger partial charge in [-0.3, -0.25) is 0 Å². The molecule has 4 heteroatoms. The molecule has 0 spiro atoms. The number of hydrogen-bond donors (Lipinski definition) is 1. The van der Waals surface area contributed by atoms with Gasteiger partial charge in [-0.25, -0.2) is 13.2 Å². The van der Waals surface area contributed by atoms with Crippen molar-refractivity contribution in [3.05, 3.63) is 29.6 Å². The first-order valence-electron chi connectivity index (χ1n) is 4.58. The van der Waals surface area contributed by atoms with Crippen LogP contribution < -0.4 is 5.32 Å². The first-order chi connectivity index (χ1) is 6.68. The molecule has 0 bridgehead atoms. The van der Waals surface area contributed by atoms with E-state index in [0.717, 1.165) is 25.3 Å². The van der Waals surface area contributed by atoms with Gasteiger partial charge in [-0.05, 0) is 31.4 Å². The van der Waals surface area contributed by atoms with Crippen LogP contribution in [0.4, 0.5) is 18.9 Å². The van der Waals surface area contributed by atoms with E-state index >= 15 is 0 Å². The zero-order valence-electron chi connectivity index (χ0n) is 7.49. The Balaban J connectivity index is 2.20. The maximum Gasteiger partial charge on any atom is 0.196 e. The van der Waals surface area contributed by atoms with Gasteiger partial charge in [-0.1, -0.05) is 0 Å². The molecule has 1 aliphatic carbocycles. The summed E-state index contributed by atoms with van der Waals surface area (Å²) >= 11 is 0. The Hall–Kier alpha value is -1.19. The zero-order valence-corrected chi connectivity index (χ0v) is 7.49. The molecule has 0 aromatic heterocycles. The molecule has 14 heavy (non-hydrogen) atoms. The molecule has 0 radical (unpaired) electrons. The third kappa shape index (κ3) is 1.56. The molecule has 76 valence electrons. The van der Waals surface area contributed by atoms with Gasteiger partial charge in [0.15, 0.2) is 17.5 Å². The molecule has 0 unspecified atom stereocenters. The van der Waals surface area contributed by atoms with Crippen LogP contribution >= 0.6 is 0 Å². The van der Waals surface area contributed by atoms with Crippen LogP contribution in [0, 0.1) is 17.5 Å². The summed E-state index contributed by atoms with van der Waals surface area (Å²) in [6.07, 6.45) is 3.01. The highest BCUT2D eigenvalue weighted by atomic mass is 19.2. The molecule has 1 aliphatic rings. The van der Waals surface area contributed by atoms with Crippen molar-refractivity contribution in [1.29, 1.82) is 0 Å². The van der Waals surface area contributed by atoms with E-state index in [2.05, 4.69) is 5.32 Å². The maximum atomic E-state index is 13.1. The van der Waals surface area contributed by atoms with Gasteiger partial charge in [-0.15, -0.1) is 0 Å². The topological polar surface area (TPSA) is 12.0 Å². The van der Waals surface area contributed by atoms with Crippen molar-refractivity contribution in [3.63, 3.8) is 0 Å². The number of nitrogens with one attached hydrogen (secondary N) is 1. The molecule has 0 heterocycles. The number of rotatable bonds is 2. The summed E-state index contributed by atoms with van der Waals surface area (Å²) in [5.41, 5.74) is 0.0496. The summed E-state index contributed by atoms with van der Waals surface area (Å²) < 4.78 is 38.4. The largest absolute Gasteiger partial charge is 0.380 e. The number of benzene rings is 1. The Morgan fingerprint density at radius 2 is 1.79 bits per heavy atom. The van der Waals surface area contributed by atoms with Crippen LogP contribution in [0.2, 0.25) is 0 Å². The van der Waals surface area contributed by atoms with Gasteiger partial charge in [0.1, 0.15) is 0 Å². The summed E-state index contributed by atoms with van der Waals surface area (Å²) in [6, 6.07) is 2.36. The molecular formula is C10H10F3N. The van der Waals surface area contributed by atoms with Crippen molar-refractivity contribution in [2.24, 2.45) is 0 Å². The fourth-order valence-corrected chi connectivity index (χ4v) is 1.41. The Morgan fingerprint density at radius 1 is 1.07 bits per heavy atom. The summed E-state index contributed by atoms with van der Waals surface area (Å²) in [5.74, 6) is -3.69. The lowest BCUT2D eigenvalue weighted by Crippen LogP contribution is -2.27. The Labute approximate surface area is 79.9 Å².